The maximum atomic E-state index is 12.7. The third-order valence-corrected chi connectivity index (χ3v) is 5.25. The van der Waals surface area contributed by atoms with Gasteiger partial charge in [-0.15, -0.1) is 0 Å². The van der Waals surface area contributed by atoms with E-state index in [0.717, 1.165) is 12.0 Å². The second-order valence-corrected chi connectivity index (χ2v) is 7.60. The molecule has 2 aromatic carbocycles. The zero-order valence-electron chi connectivity index (χ0n) is 17.4. The van der Waals surface area contributed by atoms with Gasteiger partial charge in [0.05, 0.1) is 0 Å². The molecule has 0 spiro atoms. The molecule has 0 saturated carbocycles. The first-order valence-electron chi connectivity index (χ1n) is 10.1. The van der Waals surface area contributed by atoms with Crippen LogP contribution in [0.3, 0.4) is 0 Å². The SMILES string of the molecule is CCC(C)C(NC(=O)c1ccccc1)C(=O)NNC(=S)NCc1ccc2c(c1)OCO2. The first-order chi connectivity index (χ1) is 15.0. The van der Waals surface area contributed by atoms with E-state index in [-0.39, 0.29) is 29.6 Å². The highest BCUT2D eigenvalue weighted by Gasteiger charge is 2.26. The summed E-state index contributed by atoms with van der Waals surface area (Å²) in [5.41, 5.74) is 6.72. The van der Waals surface area contributed by atoms with Crippen LogP contribution >= 0.6 is 12.2 Å². The van der Waals surface area contributed by atoms with Crippen LogP contribution in [0.5, 0.6) is 11.5 Å². The summed E-state index contributed by atoms with van der Waals surface area (Å²) in [5.74, 6) is 0.669. The number of nitrogens with one attached hydrogen (secondary N) is 4. The minimum Gasteiger partial charge on any atom is -0.454 e. The van der Waals surface area contributed by atoms with Crippen LogP contribution in [0.2, 0.25) is 0 Å². The van der Waals surface area contributed by atoms with Crippen LogP contribution in [0, 0.1) is 5.92 Å². The molecule has 0 bridgehead atoms. The number of rotatable bonds is 7. The summed E-state index contributed by atoms with van der Waals surface area (Å²) in [5, 5.41) is 6.08. The largest absolute Gasteiger partial charge is 0.454 e. The maximum absolute atomic E-state index is 12.7. The normalized spacial score (nSPS) is 13.6. The number of amides is 2. The van der Waals surface area contributed by atoms with E-state index in [9.17, 15) is 9.59 Å². The Morgan fingerprint density at radius 3 is 2.55 bits per heavy atom. The van der Waals surface area contributed by atoms with Crippen LogP contribution in [0.25, 0.3) is 0 Å². The fourth-order valence-corrected chi connectivity index (χ4v) is 3.11. The van der Waals surface area contributed by atoms with Crippen molar-refractivity contribution in [3.63, 3.8) is 0 Å². The molecule has 1 heterocycles. The van der Waals surface area contributed by atoms with Gasteiger partial charge >= 0.3 is 0 Å². The Hall–Kier alpha value is -3.33. The highest BCUT2D eigenvalue weighted by molar-refractivity contribution is 7.80. The zero-order chi connectivity index (χ0) is 22.2. The van der Waals surface area contributed by atoms with Crippen molar-refractivity contribution in [3.05, 3.63) is 59.7 Å². The van der Waals surface area contributed by atoms with Crippen molar-refractivity contribution in [2.75, 3.05) is 6.79 Å². The number of carbonyl (C=O) groups is 2. The summed E-state index contributed by atoms with van der Waals surface area (Å²) >= 11 is 5.24. The quantitative estimate of drug-likeness (QED) is 0.385. The van der Waals surface area contributed by atoms with E-state index >= 15 is 0 Å². The van der Waals surface area contributed by atoms with Crippen LogP contribution < -0.4 is 31.0 Å². The van der Waals surface area contributed by atoms with Gasteiger partial charge in [-0.05, 0) is 48.0 Å². The minimum absolute atomic E-state index is 0.0652. The Balaban J connectivity index is 1.50. The molecule has 2 aromatic rings. The highest BCUT2D eigenvalue weighted by Crippen LogP contribution is 2.32. The first-order valence-corrected chi connectivity index (χ1v) is 10.5. The number of benzene rings is 2. The van der Waals surface area contributed by atoms with Crippen molar-refractivity contribution >= 4 is 29.1 Å². The average Bonchev–Trinajstić information content (AvgIpc) is 3.27. The zero-order valence-corrected chi connectivity index (χ0v) is 18.3. The van der Waals surface area contributed by atoms with Gasteiger partial charge in [0.15, 0.2) is 16.6 Å². The Kier molecular flexibility index (Phi) is 7.66. The van der Waals surface area contributed by atoms with Gasteiger partial charge in [-0.1, -0.05) is 44.5 Å². The average molecular weight is 443 g/mol. The molecule has 0 fully saturated rings. The van der Waals surface area contributed by atoms with E-state index < -0.39 is 6.04 Å². The molecule has 4 N–H and O–H groups in total. The molecule has 1 aliphatic rings. The molecular weight excluding hydrogens is 416 g/mol. The van der Waals surface area contributed by atoms with E-state index in [1.54, 1.807) is 24.3 Å². The fourth-order valence-electron chi connectivity index (χ4n) is 2.99. The lowest BCUT2D eigenvalue weighted by Gasteiger charge is -2.24. The number of hydrogen-bond acceptors (Lipinski definition) is 5. The molecule has 0 radical (unpaired) electrons. The first kappa shape index (κ1) is 22.4. The van der Waals surface area contributed by atoms with Crippen LogP contribution in [-0.2, 0) is 11.3 Å². The van der Waals surface area contributed by atoms with Crippen molar-refractivity contribution in [2.45, 2.75) is 32.9 Å². The summed E-state index contributed by atoms with van der Waals surface area (Å²) in [6, 6.07) is 13.7. The molecule has 31 heavy (non-hydrogen) atoms. The molecule has 0 aromatic heterocycles. The van der Waals surface area contributed by atoms with Gasteiger partial charge < -0.3 is 20.1 Å². The Morgan fingerprint density at radius 1 is 1.06 bits per heavy atom. The number of thiocarbonyl (C=S) groups is 1. The van der Waals surface area contributed by atoms with Crippen molar-refractivity contribution in [3.8, 4) is 11.5 Å². The second kappa shape index (κ2) is 10.6. The van der Waals surface area contributed by atoms with Crippen LogP contribution in [0.1, 0.15) is 36.2 Å². The van der Waals surface area contributed by atoms with Crippen molar-refractivity contribution in [2.24, 2.45) is 5.92 Å². The highest BCUT2D eigenvalue weighted by atomic mass is 32.1. The smallest absolute Gasteiger partial charge is 0.261 e. The van der Waals surface area contributed by atoms with E-state index in [4.69, 9.17) is 21.7 Å². The predicted molar refractivity (Wildman–Crippen MR) is 120 cm³/mol. The van der Waals surface area contributed by atoms with Gasteiger partial charge in [-0.25, -0.2) is 0 Å². The third kappa shape index (κ3) is 6.08. The van der Waals surface area contributed by atoms with Gasteiger partial charge in [0.25, 0.3) is 11.8 Å². The van der Waals surface area contributed by atoms with Gasteiger partial charge in [-0.3, -0.25) is 20.4 Å². The van der Waals surface area contributed by atoms with E-state index in [1.807, 2.05) is 38.1 Å². The molecule has 1 aliphatic heterocycles. The van der Waals surface area contributed by atoms with Gasteiger partial charge in [-0.2, -0.15) is 0 Å². The number of hydrazine groups is 1. The number of fused-ring (bicyclic) bond motifs is 1. The van der Waals surface area contributed by atoms with E-state index in [0.29, 0.717) is 23.6 Å². The lowest BCUT2D eigenvalue weighted by molar-refractivity contribution is -0.124. The molecule has 3 rings (SSSR count). The monoisotopic (exact) mass is 442 g/mol. The molecular formula is C22H26N4O4S. The molecule has 2 atom stereocenters. The minimum atomic E-state index is -0.707. The third-order valence-electron chi connectivity index (χ3n) is 5.01. The summed E-state index contributed by atoms with van der Waals surface area (Å²) < 4.78 is 10.7. The van der Waals surface area contributed by atoms with Crippen molar-refractivity contribution in [1.82, 2.24) is 21.5 Å². The van der Waals surface area contributed by atoms with Crippen LogP contribution in [-0.4, -0.2) is 29.8 Å². The Labute approximate surface area is 186 Å². The number of carbonyl (C=O) groups excluding carboxylic acids is 2. The van der Waals surface area contributed by atoms with Crippen molar-refractivity contribution < 1.29 is 19.1 Å². The number of hydrogen-bond donors (Lipinski definition) is 4. The summed E-state index contributed by atoms with van der Waals surface area (Å²) in [7, 11) is 0. The van der Waals surface area contributed by atoms with Crippen LogP contribution in [0.4, 0.5) is 0 Å². The van der Waals surface area contributed by atoms with Crippen LogP contribution in [0.15, 0.2) is 48.5 Å². The van der Waals surface area contributed by atoms with Gasteiger partial charge in [0.2, 0.25) is 6.79 Å². The Bertz CT molecular complexity index is 938. The lowest BCUT2D eigenvalue weighted by Crippen LogP contribution is -2.56. The lowest BCUT2D eigenvalue weighted by atomic mass is 9.98. The summed E-state index contributed by atoms with van der Waals surface area (Å²) in [4.78, 5) is 25.2. The second-order valence-electron chi connectivity index (χ2n) is 7.19. The van der Waals surface area contributed by atoms with Crippen molar-refractivity contribution in [1.29, 1.82) is 0 Å². The molecule has 2 unspecified atom stereocenters. The van der Waals surface area contributed by atoms with Gasteiger partial charge in [0, 0.05) is 12.1 Å². The summed E-state index contributed by atoms with van der Waals surface area (Å²) in [6.07, 6.45) is 0.722. The maximum Gasteiger partial charge on any atom is 0.261 e. The summed E-state index contributed by atoms with van der Waals surface area (Å²) in [6.45, 7) is 4.53. The molecule has 2 amide bonds. The molecule has 0 aliphatic carbocycles. The number of ether oxygens (including phenoxy) is 2. The standard InChI is InChI=1S/C22H26N4O4S/c1-3-14(2)19(24-20(27)16-7-5-4-6-8-16)21(28)25-26-22(31)23-12-15-9-10-17-18(11-15)30-13-29-17/h4-11,14,19H,3,12-13H2,1-2H3,(H,24,27)(H,25,28)(H2,23,26,31). The van der Waals surface area contributed by atoms with Gasteiger partial charge in [0.1, 0.15) is 6.04 Å². The molecule has 0 saturated heterocycles. The predicted octanol–water partition coefficient (Wildman–Crippen LogP) is 2.26. The topological polar surface area (TPSA) is 101 Å². The van der Waals surface area contributed by atoms with E-state index in [2.05, 4.69) is 21.5 Å². The Morgan fingerprint density at radius 2 is 1.81 bits per heavy atom. The molecule has 164 valence electrons. The molecule has 9 heteroatoms. The fraction of sp³-hybridized carbons (Fsp3) is 0.318. The molecule has 8 nitrogen and oxygen atoms in total. The van der Waals surface area contributed by atoms with E-state index in [1.165, 1.54) is 0 Å².